The first kappa shape index (κ1) is 27.6. The third-order valence-corrected chi connectivity index (χ3v) is 9.28. The van der Waals surface area contributed by atoms with Crippen LogP contribution in [0.4, 0.5) is 5.13 Å². The largest absolute Gasteiger partial charge is 0.477 e. The number of benzene rings is 1. The first-order valence-corrected chi connectivity index (χ1v) is 14.7. The van der Waals surface area contributed by atoms with E-state index in [4.69, 9.17) is 5.73 Å². The van der Waals surface area contributed by atoms with Gasteiger partial charge in [0.1, 0.15) is 23.2 Å². The summed E-state index contributed by atoms with van der Waals surface area (Å²) in [6, 6.07) is 6.59. The number of nitrogens with two attached hydrogens (primary N) is 1. The number of anilines is 1. The molecule has 14 nitrogen and oxygen atoms in total. The van der Waals surface area contributed by atoms with Gasteiger partial charge in [0.05, 0.1) is 12.1 Å². The van der Waals surface area contributed by atoms with Gasteiger partial charge in [-0.1, -0.05) is 42.1 Å². The van der Waals surface area contributed by atoms with Crippen LogP contribution >= 0.6 is 34.9 Å². The zero-order chi connectivity index (χ0) is 28.4. The van der Waals surface area contributed by atoms with Crippen molar-refractivity contribution in [3.05, 3.63) is 58.2 Å². The van der Waals surface area contributed by atoms with Crippen LogP contribution in [0, 0.1) is 0 Å². The van der Waals surface area contributed by atoms with E-state index >= 15 is 0 Å². The Bertz CT molecular complexity index is 1490. The van der Waals surface area contributed by atoms with E-state index in [1.807, 2.05) is 0 Å². The standard InChI is InChI=1S/C23H23N9O5S3/c1-31-23(28-29-30-31)40-9-12-8-38-20-16(19(35)32(20)17(12)21(36)37)27-18(34)15(11-5-3-2-4-6-11)26-14(33)7-13-10-39-22(24)25-13/h2-6,10,15-16,20H,7-9H2,1H3,(H2,24,25)(H,26,33)(H,27,34)(H,36,37)/t15?,16?,20-/m0/s1. The number of aliphatic carboxylic acids is 1. The lowest BCUT2D eigenvalue weighted by atomic mass is 10.0. The summed E-state index contributed by atoms with van der Waals surface area (Å²) in [7, 11) is 1.67. The normalized spacial score (nSPS) is 19.0. The molecule has 0 bridgehead atoms. The smallest absolute Gasteiger partial charge is 0.352 e. The van der Waals surface area contributed by atoms with E-state index in [9.17, 15) is 24.3 Å². The van der Waals surface area contributed by atoms with Crippen LogP contribution in [0.25, 0.3) is 0 Å². The quantitative estimate of drug-likeness (QED) is 0.182. The van der Waals surface area contributed by atoms with Gasteiger partial charge in [-0.3, -0.25) is 19.3 Å². The fraction of sp³-hybridized carbons (Fsp3) is 0.304. The van der Waals surface area contributed by atoms with Crippen LogP contribution in [0.15, 0.2) is 52.1 Å². The first-order chi connectivity index (χ1) is 19.2. The minimum atomic E-state index is -1.23. The van der Waals surface area contributed by atoms with Crippen molar-refractivity contribution >= 4 is 63.7 Å². The lowest BCUT2D eigenvalue weighted by Gasteiger charge is -2.49. The number of hydrogen-bond acceptors (Lipinski definition) is 12. The molecule has 2 unspecified atom stereocenters. The molecule has 2 aliphatic rings. The van der Waals surface area contributed by atoms with Crippen molar-refractivity contribution in [3.8, 4) is 0 Å². The molecule has 2 aromatic heterocycles. The number of aryl methyl sites for hydroxylation is 1. The third-order valence-electron chi connectivity index (χ3n) is 6.12. The molecule has 0 aliphatic carbocycles. The Morgan fingerprint density at radius 3 is 2.70 bits per heavy atom. The second-order valence-electron chi connectivity index (χ2n) is 8.79. The van der Waals surface area contributed by atoms with Crippen LogP contribution < -0.4 is 16.4 Å². The molecule has 5 rings (SSSR count). The molecule has 3 aromatic rings. The molecule has 3 amide bonds. The highest BCUT2D eigenvalue weighted by Gasteiger charge is 2.54. The summed E-state index contributed by atoms with van der Waals surface area (Å²) in [6.45, 7) is 0. The van der Waals surface area contributed by atoms with Crippen molar-refractivity contribution in [1.29, 1.82) is 0 Å². The van der Waals surface area contributed by atoms with Crippen molar-refractivity contribution < 1.29 is 24.3 Å². The van der Waals surface area contributed by atoms with Gasteiger partial charge < -0.3 is 21.5 Å². The van der Waals surface area contributed by atoms with Gasteiger partial charge in [-0.05, 0) is 21.6 Å². The van der Waals surface area contributed by atoms with Crippen molar-refractivity contribution in [3.63, 3.8) is 0 Å². The Labute approximate surface area is 239 Å². The Kier molecular flexibility index (Phi) is 8.04. The van der Waals surface area contributed by atoms with E-state index in [2.05, 4.69) is 31.1 Å². The number of nitrogens with zero attached hydrogens (tertiary/aromatic N) is 6. The molecule has 0 saturated carbocycles. The number of rotatable bonds is 10. The number of carbonyl (C=O) groups excluding carboxylic acids is 3. The van der Waals surface area contributed by atoms with Gasteiger partial charge in [-0.15, -0.1) is 28.2 Å². The molecule has 0 spiro atoms. The number of thiazole rings is 1. The predicted molar refractivity (Wildman–Crippen MR) is 147 cm³/mol. The number of aromatic nitrogens is 5. The summed E-state index contributed by atoms with van der Waals surface area (Å²) >= 11 is 3.83. The average molecular weight is 602 g/mol. The summed E-state index contributed by atoms with van der Waals surface area (Å²) in [5.41, 5.74) is 7.10. The second-order valence-corrected chi connectivity index (χ2v) is 11.7. The SMILES string of the molecule is Cn1nnnc1SCC1=C(C(=O)O)N2C(=O)C(NC(=O)C(NC(=O)Cc3csc(N)n3)c3ccccc3)[C@@H]2SC1. The fourth-order valence-corrected chi connectivity index (χ4v) is 7.15. The van der Waals surface area contributed by atoms with E-state index < -0.39 is 41.1 Å². The Morgan fingerprint density at radius 1 is 1.27 bits per heavy atom. The minimum Gasteiger partial charge on any atom is -0.477 e. The number of β-lactam (4-membered cyclic amide) rings is 1. The molecule has 2 aliphatic heterocycles. The lowest BCUT2D eigenvalue weighted by Crippen LogP contribution is -2.71. The third kappa shape index (κ3) is 5.66. The molecule has 1 aromatic carbocycles. The van der Waals surface area contributed by atoms with Gasteiger partial charge in [0.15, 0.2) is 5.13 Å². The summed E-state index contributed by atoms with van der Waals surface area (Å²) in [6.07, 6.45) is -0.0725. The number of amides is 3. The van der Waals surface area contributed by atoms with Gasteiger partial charge in [-0.2, -0.15) is 0 Å². The summed E-state index contributed by atoms with van der Waals surface area (Å²) in [5, 5.41) is 28.5. The number of thioether (sulfide) groups is 2. The predicted octanol–water partition coefficient (Wildman–Crippen LogP) is 0.180. The van der Waals surface area contributed by atoms with Crippen LogP contribution in [-0.4, -0.2) is 81.8 Å². The highest BCUT2D eigenvalue weighted by molar-refractivity contribution is 8.01. The maximum atomic E-state index is 13.4. The van der Waals surface area contributed by atoms with E-state index in [0.29, 0.717) is 32.9 Å². The molecular formula is C23H23N9O5S3. The van der Waals surface area contributed by atoms with Crippen LogP contribution in [0.5, 0.6) is 0 Å². The van der Waals surface area contributed by atoms with Crippen molar-refractivity contribution in [1.82, 2.24) is 40.7 Å². The highest BCUT2D eigenvalue weighted by Crippen LogP contribution is 2.41. The minimum absolute atomic E-state index is 0.0725. The maximum absolute atomic E-state index is 13.4. The number of nitrogens with one attached hydrogen (secondary N) is 2. The summed E-state index contributed by atoms with van der Waals surface area (Å²) < 4.78 is 1.47. The van der Waals surface area contributed by atoms with E-state index in [1.165, 1.54) is 44.4 Å². The van der Waals surface area contributed by atoms with E-state index in [-0.39, 0.29) is 17.9 Å². The molecule has 17 heteroatoms. The molecule has 4 heterocycles. The van der Waals surface area contributed by atoms with E-state index in [0.717, 1.165) is 0 Å². The molecule has 5 N–H and O–H groups in total. The Balaban J connectivity index is 1.29. The zero-order valence-electron chi connectivity index (χ0n) is 20.9. The average Bonchev–Trinajstić information content (AvgIpc) is 3.55. The summed E-state index contributed by atoms with van der Waals surface area (Å²) in [5.74, 6) is -2.18. The van der Waals surface area contributed by atoms with Crippen LogP contribution in [-0.2, 0) is 32.6 Å². The maximum Gasteiger partial charge on any atom is 0.352 e. The molecule has 3 atom stereocenters. The molecular weight excluding hydrogens is 579 g/mol. The molecule has 208 valence electrons. The topological polar surface area (TPSA) is 198 Å². The summed E-state index contributed by atoms with van der Waals surface area (Å²) in [4.78, 5) is 56.8. The number of tetrazole rings is 1. The molecule has 0 radical (unpaired) electrons. The number of carboxylic acids is 1. The van der Waals surface area contributed by atoms with Crippen molar-refractivity contribution in [2.24, 2.45) is 7.05 Å². The molecule has 40 heavy (non-hydrogen) atoms. The number of carbonyl (C=O) groups is 4. The number of nitrogen functional groups attached to an aromatic ring is 1. The Hall–Kier alpha value is -3.96. The molecule has 1 saturated heterocycles. The van der Waals surface area contributed by atoms with E-state index in [1.54, 1.807) is 42.8 Å². The number of hydrogen-bond donors (Lipinski definition) is 4. The molecule has 1 fully saturated rings. The second kappa shape index (κ2) is 11.6. The fourth-order valence-electron chi connectivity index (χ4n) is 4.25. The van der Waals surface area contributed by atoms with Gasteiger partial charge in [0.2, 0.25) is 17.0 Å². The van der Waals surface area contributed by atoms with Gasteiger partial charge in [0, 0.05) is 23.9 Å². The van der Waals surface area contributed by atoms with Crippen LogP contribution in [0.3, 0.4) is 0 Å². The monoisotopic (exact) mass is 601 g/mol. The number of carboxylic acid groups (broad SMARTS) is 1. The van der Waals surface area contributed by atoms with Gasteiger partial charge in [0.25, 0.3) is 5.91 Å². The number of fused-ring (bicyclic) bond motifs is 1. The van der Waals surface area contributed by atoms with Crippen molar-refractivity contribution in [2.45, 2.75) is 29.0 Å². The zero-order valence-corrected chi connectivity index (χ0v) is 23.3. The van der Waals surface area contributed by atoms with Gasteiger partial charge in [-0.25, -0.2) is 14.5 Å². The first-order valence-electron chi connectivity index (χ1n) is 11.8. The lowest BCUT2D eigenvalue weighted by molar-refractivity contribution is -0.151. The highest BCUT2D eigenvalue weighted by atomic mass is 32.2. The Morgan fingerprint density at radius 2 is 2.05 bits per heavy atom. The van der Waals surface area contributed by atoms with Gasteiger partial charge >= 0.3 is 5.97 Å². The van der Waals surface area contributed by atoms with Crippen LogP contribution in [0.1, 0.15) is 17.3 Å². The van der Waals surface area contributed by atoms with Crippen LogP contribution in [0.2, 0.25) is 0 Å². The van der Waals surface area contributed by atoms with Crippen molar-refractivity contribution in [2.75, 3.05) is 17.2 Å².